The second kappa shape index (κ2) is 8.21. The average molecular weight is 368 g/mol. The van der Waals surface area contributed by atoms with Crippen LogP contribution in [0.15, 0.2) is 41.6 Å². The van der Waals surface area contributed by atoms with Gasteiger partial charge in [0.05, 0.1) is 17.1 Å². The van der Waals surface area contributed by atoms with Crippen LogP contribution in [-0.2, 0) is 17.1 Å². The predicted octanol–water partition coefficient (Wildman–Crippen LogP) is 1.55. The summed E-state index contributed by atoms with van der Waals surface area (Å²) in [6.45, 7) is 0.820. The largest absolute Gasteiger partial charge is 0.345 e. The van der Waals surface area contributed by atoms with E-state index in [0.717, 1.165) is 5.56 Å². The van der Waals surface area contributed by atoms with Crippen LogP contribution in [0.4, 0.5) is 4.39 Å². The third-order valence-electron chi connectivity index (χ3n) is 3.63. The molecule has 2 rings (SSSR count). The third-order valence-corrected chi connectivity index (χ3v) is 5.09. The Morgan fingerprint density at radius 2 is 2.16 bits per heavy atom. The molecule has 0 aliphatic rings. The molecule has 0 bridgehead atoms. The molecule has 0 aliphatic heterocycles. The summed E-state index contributed by atoms with van der Waals surface area (Å²) in [5.41, 5.74) is 1.08. The Morgan fingerprint density at radius 3 is 2.76 bits per heavy atom. The molecule has 1 atom stereocenters. The summed E-state index contributed by atoms with van der Waals surface area (Å²) in [7, 11) is -2.06. The maximum absolute atomic E-state index is 12.5. The van der Waals surface area contributed by atoms with E-state index < -0.39 is 22.6 Å². The van der Waals surface area contributed by atoms with E-state index in [1.807, 2.05) is 13.1 Å². The monoisotopic (exact) mass is 368 g/mol. The number of amides is 1. The van der Waals surface area contributed by atoms with Gasteiger partial charge in [-0.05, 0) is 24.6 Å². The van der Waals surface area contributed by atoms with Crippen molar-refractivity contribution in [1.29, 1.82) is 0 Å². The van der Waals surface area contributed by atoms with Crippen LogP contribution in [0.3, 0.4) is 0 Å². The lowest BCUT2D eigenvalue weighted by Gasteiger charge is -2.16. The van der Waals surface area contributed by atoms with Crippen LogP contribution >= 0.6 is 0 Å². The van der Waals surface area contributed by atoms with Gasteiger partial charge in [-0.1, -0.05) is 13.0 Å². The van der Waals surface area contributed by atoms with Crippen molar-refractivity contribution >= 4 is 15.9 Å². The number of carbonyl (C=O) groups excluding carboxylic acids is 1. The highest BCUT2D eigenvalue weighted by atomic mass is 32.2. The minimum Gasteiger partial charge on any atom is -0.345 e. The van der Waals surface area contributed by atoms with Crippen molar-refractivity contribution in [1.82, 2.24) is 19.8 Å². The molecule has 0 radical (unpaired) electrons. The molecule has 136 valence electrons. The lowest BCUT2D eigenvalue weighted by molar-refractivity contribution is 0.0935. The molecule has 0 fully saturated rings. The van der Waals surface area contributed by atoms with Gasteiger partial charge in [-0.25, -0.2) is 17.5 Å². The number of sulfonamides is 1. The van der Waals surface area contributed by atoms with Gasteiger partial charge in [0.15, 0.2) is 0 Å². The fourth-order valence-electron chi connectivity index (χ4n) is 2.34. The van der Waals surface area contributed by atoms with Crippen LogP contribution in [0.1, 0.15) is 35.3 Å². The van der Waals surface area contributed by atoms with E-state index in [9.17, 15) is 17.6 Å². The van der Waals surface area contributed by atoms with Gasteiger partial charge in [0.1, 0.15) is 6.67 Å². The topological polar surface area (TPSA) is 93.1 Å². The number of hydrogen-bond acceptors (Lipinski definition) is 4. The molecular weight excluding hydrogens is 347 g/mol. The van der Waals surface area contributed by atoms with Crippen molar-refractivity contribution in [2.24, 2.45) is 7.05 Å². The molecule has 0 unspecified atom stereocenters. The lowest BCUT2D eigenvalue weighted by Crippen LogP contribution is -2.29. The zero-order chi connectivity index (χ0) is 18.4. The molecule has 7 nitrogen and oxygen atoms in total. The first kappa shape index (κ1) is 19.1. The lowest BCUT2D eigenvalue weighted by atomic mass is 10.1. The fraction of sp³-hybridized carbons (Fsp3) is 0.375. The minimum absolute atomic E-state index is 0.0805. The number of benzene rings is 1. The van der Waals surface area contributed by atoms with Gasteiger partial charge in [0.25, 0.3) is 5.91 Å². The van der Waals surface area contributed by atoms with Gasteiger partial charge < -0.3 is 5.32 Å². The van der Waals surface area contributed by atoms with Gasteiger partial charge in [-0.2, -0.15) is 5.10 Å². The first-order chi connectivity index (χ1) is 11.9. The Bertz CT molecular complexity index is 835. The van der Waals surface area contributed by atoms with E-state index in [-0.39, 0.29) is 23.0 Å². The van der Waals surface area contributed by atoms with Crippen molar-refractivity contribution in [3.63, 3.8) is 0 Å². The molecule has 2 N–H and O–H groups in total. The molecule has 0 saturated heterocycles. The first-order valence-corrected chi connectivity index (χ1v) is 9.30. The van der Waals surface area contributed by atoms with Gasteiger partial charge >= 0.3 is 0 Å². The van der Waals surface area contributed by atoms with Crippen molar-refractivity contribution in [2.45, 2.75) is 24.3 Å². The summed E-state index contributed by atoms with van der Waals surface area (Å²) in [5, 5.41) is 6.95. The maximum atomic E-state index is 12.5. The quantitative estimate of drug-likeness (QED) is 0.739. The standard InChI is InChI=1S/C16H21FN4O3S/c1-3-15(13-10-18-21(2)11-13)20-16(22)12-5-4-6-14(9-12)25(23,24)19-8-7-17/h4-6,9-11,15,19H,3,7-8H2,1-2H3,(H,20,22)/t15-/m0/s1. The molecule has 0 saturated carbocycles. The van der Waals surface area contributed by atoms with Crippen LogP contribution in [0.5, 0.6) is 0 Å². The van der Waals surface area contributed by atoms with Crippen LogP contribution in [0.2, 0.25) is 0 Å². The summed E-state index contributed by atoms with van der Waals surface area (Å²) in [5.74, 6) is -0.391. The molecule has 2 aromatic rings. The van der Waals surface area contributed by atoms with Crippen LogP contribution in [0, 0.1) is 0 Å². The van der Waals surface area contributed by atoms with E-state index in [0.29, 0.717) is 6.42 Å². The summed E-state index contributed by atoms with van der Waals surface area (Å²) in [6.07, 6.45) is 4.15. The van der Waals surface area contributed by atoms with Gasteiger partial charge in [0, 0.05) is 30.9 Å². The van der Waals surface area contributed by atoms with Gasteiger partial charge in [0.2, 0.25) is 10.0 Å². The van der Waals surface area contributed by atoms with Crippen molar-refractivity contribution in [2.75, 3.05) is 13.2 Å². The number of carbonyl (C=O) groups is 1. The van der Waals surface area contributed by atoms with E-state index in [4.69, 9.17) is 0 Å². The first-order valence-electron chi connectivity index (χ1n) is 7.82. The highest BCUT2D eigenvalue weighted by molar-refractivity contribution is 7.89. The minimum atomic E-state index is -3.84. The number of nitrogens with zero attached hydrogens (tertiary/aromatic N) is 2. The highest BCUT2D eigenvalue weighted by Crippen LogP contribution is 2.17. The molecule has 1 aromatic heterocycles. The fourth-order valence-corrected chi connectivity index (χ4v) is 3.40. The Balaban J connectivity index is 2.18. The second-order valence-electron chi connectivity index (χ2n) is 5.50. The number of aryl methyl sites for hydroxylation is 1. The zero-order valence-electron chi connectivity index (χ0n) is 14.1. The number of halogens is 1. The Labute approximate surface area is 146 Å². The predicted molar refractivity (Wildman–Crippen MR) is 91.3 cm³/mol. The summed E-state index contributed by atoms with van der Waals surface area (Å²) < 4.78 is 40.1. The second-order valence-corrected chi connectivity index (χ2v) is 7.26. The Morgan fingerprint density at radius 1 is 1.40 bits per heavy atom. The van der Waals surface area contributed by atoms with Crippen LogP contribution in [-0.4, -0.2) is 37.3 Å². The highest BCUT2D eigenvalue weighted by Gasteiger charge is 2.18. The van der Waals surface area contributed by atoms with E-state index in [1.54, 1.807) is 17.9 Å². The normalized spacial score (nSPS) is 12.8. The molecule has 0 aliphatic carbocycles. The molecule has 25 heavy (non-hydrogen) atoms. The van der Waals surface area contributed by atoms with Crippen molar-refractivity contribution in [3.05, 3.63) is 47.8 Å². The number of hydrogen-bond donors (Lipinski definition) is 2. The van der Waals surface area contributed by atoms with E-state index in [1.165, 1.54) is 24.3 Å². The molecule has 1 aromatic carbocycles. The number of alkyl halides is 1. The van der Waals surface area contributed by atoms with Crippen molar-refractivity contribution < 1.29 is 17.6 Å². The molecule has 1 heterocycles. The zero-order valence-corrected chi connectivity index (χ0v) is 14.9. The number of rotatable bonds is 8. The molecule has 9 heteroatoms. The van der Waals surface area contributed by atoms with Crippen molar-refractivity contribution in [3.8, 4) is 0 Å². The molecule has 1 amide bonds. The van der Waals surface area contributed by atoms with Crippen LogP contribution in [0.25, 0.3) is 0 Å². The summed E-state index contributed by atoms with van der Waals surface area (Å²) in [4.78, 5) is 12.4. The Hall–Kier alpha value is -2.26. The smallest absolute Gasteiger partial charge is 0.251 e. The SMILES string of the molecule is CC[C@H](NC(=O)c1cccc(S(=O)(=O)NCCF)c1)c1cnn(C)c1. The number of nitrogens with one attached hydrogen (secondary N) is 2. The van der Waals surface area contributed by atoms with Gasteiger partial charge in [-0.3, -0.25) is 9.48 Å². The maximum Gasteiger partial charge on any atom is 0.251 e. The van der Waals surface area contributed by atoms with Crippen LogP contribution < -0.4 is 10.0 Å². The van der Waals surface area contributed by atoms with E-state index in [2.05, 4.69) is 15.1 Å². The van der Waals surface area contributed by atoms with E-state index >= 15 is 0 Å². The average Bonchev–Trinajstić information content (AvgIpc) is 3.04. The number of aromatic nitrogens is 2. The Kier molecular flexibility index (Phi) is 6.27. The van der Waals surface area contributed by atoms with Gasteiger partial charge in [-0.15, -0.1) is 0 Å². The molecular formula is C16H21FN4O3S. The summed E-state index contributed by atoms with van der Waals surface area (Å²) in [6, 6.07) is 5.40. The molecule has 0 spiro atoms. The third kappa shape index (κ3) is 4.86. The summed E-state index contributed by atoms with van der Waals surface area (Å²) >= 11 is 0.